The number of hydrogen-bond acceptors (Lipinski definition) is 1. The van der Waals surface area contributed by atoms with E-state index in [1.807, 2.05) is 0 Å². The van der Waals surface area contributed by atoms with E-state index in [0.29, 0.717) is 0 Å². The molecular weight excluding hydrogens is 370 g/mol. The molecule has 0 amide bonds. The highest BCUT2D eigenvalue weighted by molar-refractivity contribution is 6.05. The molecule has 2 aromatic rings. The van der Waals surface area contributed by atoms with Crippen LogP contribution >= 0.6 is 0 Å². The number of aryl methyl sites for hydroxylation is 2. The number of allylic oxidation sites excluding steroid dienone is 1. The summed E-state index contributed by atoms with van der Waals surface area (Å²) in [6.45, 7) is 0. The number of ether oxygens (including phenoxy) is 1. The largest absolute Gasteiger partial charge is 1.00 e. The van der Waals surface area contributed by atoms with Gasteiger partial charge in [-0.3, -0.25) is 0 Å². The maximum absolute atomic E-state index is 5.59. The van der Waals surface area contributed by atoms with Crippen LogP contribution in [0.1, 0.15) is 67.7 Å². The molecule has 0 radical (unpaired) electrons. The molecule has 0 spiro atoms. The smallest absolute Gasteiger partial charge is 0.248 e. The predicted octanol–water partition coefficient (Wildman–Crippen LogP) is 0.631. The second-order valence-corrected chi connectivity index (χ2v) is 7.62. The Balaban J connectivity index is 0.00000225. The highest BCUT2D eigenvalue weighted by atomic mass is 35.5. The van der Waals surface area contributed by atoms with Crippen molar-refractivity contribution in [2.75, 3.05) is 7.11 Å². The number of halogens is 1. The highest BCUT2D eigenvalue weighted by Gasteiger charge is 2.25. The first kappa shape index (κ1) is 20.5. The summed E-state index contributed by atoms with van der Waals surface area (Å²) in [6, 6.07) is 8.73. The summed E-state index contributed by atoms with van der Waals surface area (Å²) in [5.74, 6) is 0.867. The molecule has 2 aromatic heterocycles. The first-order chi connectivity index (χ1) is 13.3. The van der Waals surface area contributed by atoms with Gasteiger partial charge < -0.3 is 27.1 Å². The van der Waals surface area contributed by atoms with Crippen molar-refractivity contribution in [3.8, 4) is 0 Å². The lowest BCUT2D eigenvalue weighted by Gasteiger charge is -2.02. The summed E-state index contributed by atoms with van der Waals surface area (Å²) < 4.78 is 5.59. The molecule has 0 saturated carbocycles. The Hall–Kier alpha value is -2.20. The number of nitrogens with one attached hydrogen (secondary N) is 3. The number of H-pyrrole nitrogens is 2. The van der Waals surface area contributed by atoms with Gasteiger partial charge in [-0.1, -0.05) is 32.1 Å². The standard InChI is InChI=1S/C23H29N3O.ClH/c1-27-23-16-21-20-14-13-18(25-20)10-8-6-4-2-3-5-7-9-17-11-12-19(24-17)15-22(23)26-21;/h11-16,24-25H,2-10H2,1H3;1H/b22-15+;. The zero-order valence-corrected chi connectivity index (χ0v) is 17.4. The van der Waals surface area contributed by atoms with Crippen LogP contribution in [0.15, 0.2) is 41.8 Å². The van der Waals surface area contributed by atoms with Crippen molar-refractivity contribution in [2.45, 2.75) is 57.8 Å². The summed E-state index contributed by atoms with van der Waals surface area (Å²) in [5, 5.41) is 0. The third-order valence-electron chi connectivity index (χ3n) is 5.53. The van der Waals surface area contributed by atoms with E-state index >= 15 is 0 Å². The molecule has 4 heterocycles. The fourth-order valence-electron chi connectivity index (χ4n) is 3.98. The van der Waals surface area contributed by atoms with E-state index in [0.717, 1.165) is 41.4 Å². The Morgan fingerprint density at radius 2 is 1.43 bits per heavy atom. The van der Waals surface area contributed by atoms with Gasteiger partial charge in [-0.15, -0.1) is 0 Å². The van der Waals surface area contributed by atoms with Crippen LogP contribution in [0.5, 0.6) is 0 Å². The van der Waals surface area contributed by atoms with Crippen LogP contribution in [0.4, 0.5) is 0 Å². The van der Waals surface area contributed by atoms with Crippen molar-refractivity contribution in [2.24, 2.45) is 0 Å². The van der Waals surface area contributed by atoms with Crippen LogP contribution in [0.2, 0.25) is 0 Å². The lowest BCUT2D eigenvalue weighted by molar-refractivity contribution is -0.388. The van der Waals surface area contributed by atoms with Crippen molar-refractivity contribution in [3.05, 3.63) is 64.6 Å². The summed E-state index contributed by atoms with van der Waals surface area (Å²) in [4.78, 5) is 10.6. The van der Waals surface area contributed by atoms with Gasteiger partial charge in [0.2, 0.25) is 11.4 Å². The summed E-state index contributed by atoms with van der Waals surface area (Å²) in [7, 11) is 1.73. The lowest BCUT2D eigenvalue weighted by Crippen LogP contribution is -3.00. The van der Waals surface area contributed by atoms with Crippen molar-refractivity contribution in [1.82, 2.24) is 9.97 Å². The number of fused-ring (bicyclic) bond motifs is 6. The molecule has 0 saturated heterocycles. The van der Waals surface area contributed by atoms with Gasteiger partial charge in [0, 0.05) is 23.2 Å². The van der Waals surface area contributed by atoms with Gasteiger partial charge in [-0.25, -0.2) is 4.99 Å². The molecule has 0 atom stereocenters. The van der Waals surface area contributed by atoms with Gasteiger partial charge in [0.25, 0.3) is 0 Å². The van der Waals surface area contributed by atoms with Crippen molar-refractivity contribution < 1.29 is 22.1 Å². The van der Waals surface area contributed by atoms with Gasteiger partial charge in [-0.05, 0) is 49.9 Å². The van der Waals surface area contributed by atoms with E-state index in [1.54, 1.807) is 7.11 Å². The topological polar surface area (TPSA) is 54.8 Å². The third kappa shape index (κ3) is 4.99. The van der Waals surface area contributed by atoms with Crippen LogP contribution < -0.4 is 17.4 Å². The normalized spacial score (nSPS) is 19.8. The molecule has 3 N–H and O–H groups in total. The summed E-state index contributed by atoms with van der Waals surface area (Å²) >= 11 is 0. The number of aromatic nitrogens is 2. The zero-order valence-electron chi connectivity index (χ0n) is 16.6. The molecule has 0 unspecified atom stereocenters. The Bertz CT molecular complexity index is 872. The zero-order chi connectivity index (χ0) is 18.5. The second kappa shape index (κ2) is 9.83. The van der Waals surface area contributed by atoms with Crippen LogP contribution in [0, 0.1) is 0 Å². The van der Waals surface area contributed by atoms with Gasteiger partial charge in [0.05, 0.1) is 13.2 Å². The minimum atomic E-state index is 0. The monoisotopic (exact) mass is 399 g/mol. The minimum absolute atomic E-state index is 0. The SMILES string of the molecule is COC1=CC2=[NH+]/C1=C/c1ccc([nH]1)CCCCCCCCCc1ccc2[nH]1.[Cl-]. The number of hydrogen-bond donors (Lipinski definition) is 3. The number of rotatable bonds is 1. The molecule has 6 bridgehead atoms. The molecule has 2 aliphatic heterocycles. The van der Waals surface area contributed by atoms with Crippen molar-refractivity contribution in [3.63, 3.8) is 0 Å². The maximum atomic E-state index is 5.59. The van der Waals surface area contributed by atoms with Gasteiger partial charge in [0.1, 0.15) is 5.69 Å². The molecule has 5 heteroatoms. The fraction of sp³-hybridized carbons (Fsp3) is 0.435. The van der Waals surface area contributed by atoms with E-state index in [-0.39, 0.29) is 12.4 Å². The Morgan fingerprint density at radius 3 is 2.14 bits per heavy atom. The number of methoxy groups -OCH3 is 1. The maximum Gasteiger partial charge on any atom is 0.248 e. The Kier molecular flexibility index (Phi) is 7.21. The van der Waals surface area contributed by atoms with E-state index < -0.39 is 0 Å². The molecule has 0 aromatic carbocycles. The Labute approximate surface area is 173 Å². The molecular formula is C23H30ClN3O. The summed E-state index contributed by atoms with van der Waals surface area (Å²) in [6.07, 6.45) is 15.7. The lowest BCUT2D eigenvalue weighted by atomic mass is 10.1. The van der Waals surface area contributed by atoms with E-state index in [2.05, 4.69) is 51.4 Å². The third-order valence-corrected chi connectivity index (χ3v) is 5.53. The van der Waals surface area contributed by atoms with Gasteiger partial charge in [0.15, 0.2) is 5.76 Å². The summed E-state index contributed by atoms with van der Waals surface area (Å²) in [5.41, 5.74) is 6.92. The van der Waals surface area contributed by atoms with Crippen LogP contribution in [-0.2, 0) is 17.6 Å². The first-order valence-corrected chi connectivity index (χ1v) is 10.3. The molecule has 0 fully saturated rings. The number of aromatic amines is 2. The second-order valence-electron chi connectivity index (χ2n) is 7.62. The molecule has 4 nitrogen and oxygen atoms in total. The van der Waals surface area contributed by atoms with Crippen molar-refractivity contribution in [1.29, 1.82) is 0 Å². The minimum Gasteiger partial charge on any atom is -1.00 e. The average molecular weight is 400 g/mol. The molecule has 4 rings (SSSR count). The van der Waals surface area contributed by atoms with Crippen molar-refractivity contribution >= 4 is 11.8 Å². The fourth-order valence-corrected chi connectivity index (χ4v) is 3.98. The molecule has 150 valence electrons. The quantitative estimate of drug-likeness (QED) is 0.647. The highest BCUT2D eigenvalue weighted by Crippen LogP contribution is 2.17. The molecule has 0 aliphatic carbocycles. The molecule has 2 aliphatic rings. The van der Waals surface area contributed by atoms with Crippen LogP contribution in [0.3, 0.4) is 0 Å². The van der Waals surface area contributed by atoms with E-state index in [4.69, 9.17) is 4.74 Å². The van der Waals surface area contributed by atoms with E-state index in [9.17, 15) is 0 Å². The van der Waals surface area contributed by atoms with Gasteiger partial charge >= 0.3 is 0 Å². The average Bonchev–Trinajstić information content (AvgIpc) is 3.39. The first-order valence-electron chi connectivity index (χ1n) is 10.3. The Morgan fingerprint density at radius 1 is 0.786 bits per heavy atom. The van der Waals surface area contributed by atoms with Gasteiger partial charge in [-0.2, -0.15) is 0 Å². The van der Waals surface area contributed by atoms with Crippen LogP contribution in [0.25, 0.3) is 6.08 Å². The van der Waals surface area contributed by atoms with E-state index in [1.165, 1.54) is 56.3 Å². The predicted molar refractivity (Wildman–Crippen MR) is 109 cm³/mol. The van der Waals surface area contributed by atoms with Crippen LogP contribution in [-0.4, -0.2) is 22.8 Å². The molecule has 28 heavy (non-hydrogen) atoms.